The second kappa shape index (κ2) is 6.12. The van der Waals surface area contributed by atoms with E-state index in [1.807, 2.05) is 0 Å². The van der Waals surface area contributed by atoms with Crippen LogP contribution in [-0.2, 0) is 9.59 Å². The van der Waals surface area contributed by atoms with Crippen LogP contribution in [0.3, 0.4) is 0 Å². The average Bonchev–Trinajstić information content (AvgIpc) is 2.88. The first-order valence-electron chi connectivity index (χ1n) is 7.67. The van der Waals surface area contributed by atoms with E-state index in [2.05, 4.69) is 19.2 Å². The van der Waals surface area contributed by atoms with Gasteiger partial charge < -0.3 is 15.3 Å². The molecule has 1 aliphatic heterocycles. The summed E-state index contributed by atoms with van der Waals surface area (Å²) in [6.07, 6.45) is 6.13. The van der Waals surface area contributed by atoms with Crippen LogP contribution in [0.4, 0.5) is 0 Å². The first kappa shape index (κ1) is 15.3. The summed E-state index contributed by atoms with van der Waals surface area (Å²) in [6, 6.07) is -0.144. The van der Waals surface area contributed by atoms with E-state index in [1.165, 1.54) is 0 Å². The summed E-state index contributed by atoms with van der Waals surface area (Å²) < 4.78 is 0. The van der Waals surface area contributed by atoms with Crippen molar-refractivity contribution in [1.82, 2.24) is 10.2 Å². The Labute approximate surface area is 120 Å². The number of carboxylic acid groups (broad SMARTS) is 1. The summed E-state index contributed by atoms with van der Waals surface area (Å²) in [7, 11) is 0. The Balaban J connectivity index is 2.14. The van der Waals surface area contributed by atoms with Crippen molar-refractivity contribution in [1.29, 1.82) is 0 Å². The van der Waals surface area contributed by atoms with E-state index in [0.29, 0.717) is 0 Å². The molecule has 114 valence electrons. The third kappa shape index (κ3) is 3.32. The highest BCUT2D eigenvalue weighted by atomic mass is 16.4. The number of aliphatic carboxylic acids is 1. The van der Waals surface area contributed by atoms with E-state index in [1.54, 1.807) is 4.90 Å². The van der Waals surface area contributed by atoms with Gasteiger partial charge >= 0.3 is 5.97 Å². The van der Waals surface area contributed by atoms with Crippen molar-refractivity contribution in [3.63, 3.8) is 0 Å². The number of carbonyl (C=O) groups excluding carboxylic acids is 1. The maximum Gasteiger partial charge on any atom is 0.323 e. The second-order valence-electron chi connectivity index (χ2n) is 6.78. The van der Waals surface area contributed by atoms with Crippen LogP contribution in [0.25, 0.3) is 0 Å². The predicted octanol–water partition coefficient (Wildman–Crippen LogP) is 1.62. The third-order valence-corrected chi connectivity index (χ3v) is 4.73. The lowest BCUT2D eigenvalue weighted by molar-refractivity contribution is -0.149. The van der Waals surface area contributed by atoms with Crippen molar-refractivity contribution >= 4 is 11.9 Å². The van der Waals surface area contributed by atoms with Gasteiger partial charge in [-0.3, -0.25) is 9.59 Å². The number of hydrogen-bond acceptors (Lipinski definition) is 3. The minimum Gasteiger partial charge on any atom is -0.480 e. The molecule has 2 aliphatic rings. The molecule has 0 radical (unpaired) electrons. The molecule has 5 heteroatoms. The van der Waals surface area contributed by atoms with Gasteiger partial charge in [-0.15, -0.1) is 0 Å². The number of hydrogen-bond donors (Lipinski definition) is 2. The Morgan fingerprint density at radius 3 is 2.45 bits per heavy atom. The van der Waals surface area contributed by atoms with Crippen LogP contribution in [0.15, 0.2) is 0 Å². The normalized spacial score (nSPS) is 26.4. The molecule has 1 saturated carbocycles. The summed E-state index contributed by atoms with van der Waals surface area (Å²) in [4.78, 5) is 25.5. The van der Waals surface area contributed by atoms with E-state index >= 15 is 0 Å². The Bertz CT molecular complexity index is 375. The molecule has 2 rings (SSSR count). The quantitative estimate of drug-likeness (QED) is 0.822. The van der Waals surface area contributed by atoms with Crippen molar-refractivity contribution in [3.8, 4) is 0 Å². The topological polar surface area (TPSA) is 69.6 Å². The number of carbonyl (C=O) groups is 2. The number of nitrogens with one attached hydrogen (secondary N) is 1. The molecule has 0 aromatic rings. The molecule has 1 atom stereocenters. The number of nitrogens with zero attached hydrogens (tertiary/aromatic N) is 1. The summed E-state index contributed by atoms with van der Waals surface area (Å²) >= 11 is 0. The molecule has 1 amide bonds. The molecule has 5 nitrogen and oxygen atoms in total. The maximum absolute atomic E-state index is 12.8. The molecule has 1 unspecified atom stereocenters. The third-order valence-electron chi connectivity index (χ3n) is 4.73. The first-order chi connectivity index (χ1) is 9.42. The van der Waals surface area contributed by atoms with Crippen LogP contribution >= 0.6 is 0 Å². The molecule has 20 heavy (non-hydrogen) atoms. The zero-order chi connectivity index (χ0) is 14.8. The number of piperidine rings is 1. The smallest absolute Gasteiger partial charge is 0.323 e. The molecule has 0 aromatic heterocycles. The molecule has 1 saturated heterocycles. The predicted molar refractivity (Wildman–Crippen MR) is 76.4 cm³/mol. The Morgan fingerprint density at radius 2 is 1.90 bits per heavy atom. The van der Waals surface area contributed by atoms with Crippen LogP contribution in [0.5, 0.6) is 0 Å². The zero-order valence-electron chi connectivity index (χ0n) is 12.5. The number of rotatable bonds is 4. The molecule has 2 fully saturated rings. The molecule has 1 heterocycles. The average molecular weight is 282 g/mol. The minimum atomic E-state index is -0.918. The molecule has 0 aromatic carbocycles. The summed E-state index contributed by atoms with van der Waals surface area (Å²) in [5.41, 5.74) is -0.106. The highest BCUT2D eigenvalue weighted by Crippen LogP contribution is 2.33. The lowest BCUT2D eigenvalue weighted by Gasteiger charge is -2.42. The molecule has 0 bridgehead atoms. The van der Waals surface area contributed by atoms with Gasteiger partial charge in [0.15, 0.2) is 0 Å². The van der Waals surface area contributed by atoms with Crippen molar-refractivity contribution in [2.24, 2.45) is 5.41 Å². The maximum atomic E-state index is 12.8. The molecular formula is C15H26N2O3. The Morgan fingerprint density at radius 1 is 1.25 bits per heavy atom. The van der Waals surface area contributed by atoms with Crippen molar-refractivity contribution in [2.75, 3.05) is 13.1 Å². The summed E-state index contributed by atoms with van der Waals surface area (Å²) in [5, 5.41) is 12.4. The van der Waals surface area contributed by atoms with E-state index in [-0.39, 0.29) is 30.0 Å². The lowest BCUT2D eigenvalue weighted by atomic mass is 9.77. The fourth-order valence-electron chi connectivity index (χ4n) is 3.55. The number of carboxylic acids is 1. The fourth-order valence-corrected chi connectivity index (χ4v) is 3.55. The molecule has 2 N–H and O–H groups in total. The van der Waals surface area contributed by atoms with Crippen LogP contribution < -0.4 is 5.32 Å². The van der Waals surface area contributed by atoms with Gasteiger partial charge in [0.2, 0.25) is 5.91 Å². The largest absolute Gasteiger partial charge is 0.480 e. The van der Waals surface area contributed by atoms with Gasteiger partial charge in [-0.05, 0) is 37.6 Å². The van der Waals surface area contributed by atoms with Crippen LogP contribution in [0.1, 0.15) is 52.4 Å². The fraction of sp³-hybridized carbons (Fsp3) is 0.867. The van der Waals surface area contributed by atoms with Crippen molar-refractivity contribution in [3.05, 3.63) is 0 Å². The van der Waals surface area contributed by atoms with E-state index in [9.17, 15) is 9.59 Å². The van der Waals surface area contributed by atoms with Gasteiger partial charge in [-0.2, -0.15) is 0 Å². The van der Waals surface area contributed by atoms with Gasteiger partial charge in [0.1, 0.15) is 6.54 Å². The Hall–Kier alpha value is -1.10. The van der Waals surface area contributed by atoms with Crippen LogP contribution in [-0.4, -0.2) is 47.1 Å². The summed E-state index contributed by atoms with van der Waals surface area (Å²) in [6.45, 7) is 4.85. The van der Waals surface area contributed by atoms with Gasteiger partial charge in [0, 0.05) is 6.04 Å². The van der Waals surface area contributed by atoms with Gasteiger partial charge in [-0.1, -0.05) is 26.7 Å². The standard InChI is InChI=1S/C15H26N2O3/c1-15(2)8-5-9-16-13(15)14(20)17(10-12(18)19)11-6-3-4-7-11/h11,13,16H,3-10H2,1-2H3,(H,18,19). The van der Waals surface area contributed by atoms with Crippen molar-refractivity contribution in [2.45, 2.75) is 64.5 Å². The van der Waals surface area contributed by atoms with Gasteiger partial charge in [-0.25, -0.2) is 0 Å². The monoisotopic (exact) mass is 282 g/mol. The molecule has 0 spiro atoms. The summed E-state index contributed by atoms with van der Waals surface area (Å²) in [5.74, 6) is -0.942. The van der Waals surface area contributed by atoms with Crippen molar-refractivity contribution < 1.29 is 14.7 Å². The van der Waals surface area contributed by atoms with E-state index < -0.39 is 5.97 Å². The molecular weight excluding hydrogens is 256 g/mol. The van der Waals surface area contributed by atoms with Gasteiger partial charge in [0.05, 0.1) is 6.04 Å². The molecule has 1 aliphatic carbocycles. The highest BCUT2D eigenvalue weighted by Gasteiger charge is 2.41. The zero-order valence-corrected chi connectivity index (χ0v) is 12.5. The van der Waals surface area contributed by atoms with Crippen LogP contribution in [0, 0.1) is 5.41 Å². The lowest BCUT2D eigenvalue weighted by Crippen LogP contribution is -2.58. The van der Waals surface area contributed by atoms with Crippen LogP contribution in [0.2, 0.25) is 0 Å². The second-order valence-corrected chi connectivity index (χ2v) is 6.78. The first-order valence-corrected chi connectivity index (χ1v) is 7.67. The van der Waals surface area contributed by atoms with E-state index in [4.69, 9.17) is 5.11 Å². The highest BCUT2D eigenvalue weighted by molar-refractivity contribution is 5.86. The number of amides is 1. The van der Waals surface area contributed by atoms with Gasteiger partial charge in [0.25, 0.3) is 0 Å². The van der Waals surface area contributed by atoms with E-state index in [0.717, 1.165) is 45.1 Å². The SMILES string of the molecule is CC1(C)CCCNC1C(=O)N(CC(=O)O)C1CCCC1. The minimum absolute atomic E-state index is 0.0241. The Kier molecular flexibility index (Phi) is 4.68.